The molecule has 5 nitrogen and oxygen atoms in total. The number of carboxylic acids is 1. The van der Waals surface area contributed by atoms with Crippen LogP contribution >= 0.6 is 0 Å². The van der Waals surface area contributed by atoms with Gasteiger partial charge in [0.05, 0.1) is 0 Å². The number of rotatable bonds is 6. The molecule has 0 fully saturated rings. The minimum absolute atomic E-state index is 0.0128. The number of aryl methyl sites for hydroxylation is 1. The lowest BCUT2D eigenvalue weighted by molar-refractivity contribution is -0.137. The van der Waals surface area contributed by atoms with E-state index in [1.807, 2.05) is 26.8 Å². The van der Waals surface area contributed by atoms with Crippen molar-refractivity contribution in [3.05, 3.63) is 29.3 Å². The van der Waals surface area contributed by atoms with E-state index in [0.717, 1.165) is 5.56 Å². The van der Waals surface area contributed by atoms with Crippen molar-refractivity contribution in [3.63, 3.8) is 0 Å². The van der Waals surface area contributed by atoms with Crippen LogP contribution < -0.4 is 5.73 Å². The topological polar surface area (TPSA) is 83.6 Å². The Morgan fingerprint density at radius 2 is 2.00 bits per heavy atom. The average Bonchev–Trinajstić information content (AvgIpc) is 2.36. The summed E-state index contributed by atoms with van der Waals surface area (Å²) in [5.74, 6) is -0.960. The van der Waals surface area contributed by atoms with E-state index >= 15 is 0 Å². The van der Waals surface area contributed by atoms with E-state index in [-0.39, 0.29) is 18.4 Å². The van der Waals surface area contributed by atoms with Crippen molar-refractivity contribution in [2.75, 3.05) is 12.3 Å². The van der Waals surface area contributed by atoms with Crippen LogP contribution in [0.15, 0.2) is 18.2 Å². The minimum atomic E-state index is -0.847. The maximum atomic E-state index is 12.4. The summed E-state index contributed by atoms with van der Waals surface area (Å²) >= 11 is 0. The minimum Gasteiger partial charge on any atom is -0.481 e. The molecule has 1 rings (SSSR count). The highest BCUT2D eigenvalue weighted by molar-refractivity contribution is 5.95. The Labute approximate surface area is 119 Å². The number of nitrogens with zero attached hydrogens (tertiary/aromatic N) is 1. The second-order valence-electron chi connectivity index (χ2n) is 5.16. The van der Waals surface area contributed by atoms with Gasteiger partial charge in [0.2, 0.25) is 0 Å². The van der Waals surface area contributed by atoms with Gasteiger partial charge in [-0.15, -0.1) is 0 Å². The molecule has 0 heterocycles. The molecule has 0 saturated carbocycles. The molecule has 0 aliphatic heterocycles. The first-order valence-electron chi connectivity index (χ1n) is 6.71. The lowest BCUT2D eigenvalue weighted by Crippen LogP contribution is -2.38. The van der Waals surface area contributed by atoms with Gasteiger partial charge in [0.25, 0.3) is 5.91 Å². The second kappa shape index (κ2) is 6.93. The Kier molecular flexibility index (Phi) is 5.55. The fraction of sp³-hybridized carbons (Fsp3) is 0.467. The summed E-state index contributed by atoms with van der Waals surface area (Å²) in [5, 5.41) is 8.67. The first kappa shape index (κ1) is 16.0. The number of hydrogen-bond acceptors (Lipinski definition) is 3. The lowest BCUT2D eigenvalue weighted by atomic mass is 10.1. The molecule has 0 radical (unpaired) electrons. The molecule has 0 spiro atoms. The lowest BCUT2D eigenvalue weighted by Gasteiger charge is -2.27. The zero-order valence-corrected chi connectivity index (χ0v) is 12.2. The molecule has 20 heavy (non-hydrogen) atoms. The van der Waals surface area contributed by atoms with Crippen LogP contribution in [-0.4, -0.2) is 34.5 Å². The van der Waals surface area contributed by atoms with Crippen molar-refractivity contribution in [2.45, 2.75) is 39.7 Å². The molecule has 0 aromatic heterocycles. The number of carbonyl (C=O) groups excluding carboxylic acids is 1. The van der Waals surface area contributed by atoms with Crippen LogP contribution in [0.3, 0.4) is 0 Å². The van der Waals surface area contributed by atoms with E-state index in [2.05, 4.69) is 0 Å². The van der Waals surface area contributed by atoms with Gasteiger partial charge in [-0.05, 0) is 44.9 Å². The summed E-state index contributed by atoms with van der Waals surface area (Å²) in [6.45, 7) is 6.14. The number of anilines is 1. The van der Waals surface area contributed by atoms with Crippen LogP contribution in [-0.2, 0) is 4.79 Å². The Bertz CT molecular complexity index is 498. The van der Waals surface area contributed by atoms with Gasteiger partial charge in [-0.2, -0.15) is 0 Å². The van der Waals surface area contributed by atoms with E-state index in [1.165, 1.54) is 0 Å². The summed E-state index contributed by atoms with van der Waals surface area (Å²) in [6.07, 6.45) is 0.507. The summed E-state index contributed by atoms with van der Waals surface area (Å²) in [7, 11) is 0. The van der Waals surface area contributed by atoms with Gasteiger partial charge in [-0.1, -0.05) is 6.07 Å². The predicted molar refractivity (Wildman–Crippen MR) is 78.6 cm³/mol. The van der Waals surface area contributed by atoms with Gasteiger partial charge >= 0.3 is 5.97 Å². The summed E-state index contributed by atoms with van der Waals surface area (Å²) < 4.78 is 0. The van der Waals surface area contributed by atoms with E-state index in [0.29, 0.717) is 24.2 Å². The van der Waals surface area contributed by atoms with E-state index in [1.54, 1.807) is 17.0 Å². The molecule has 0 aliphatic carbocycles. The Balaban J connectivity index is 2.82. The molecule has 0 unspecified atom stereocenters. The van der Waals surface area contributed by atoms with E-state index < -0.39 is 5.97 Å². The normalized spacial score (nSPS) is 10.6. The number of carboxylic acid groups (broad SMARTS) is 1. The van der Waals surface area contributed by atoms with E-state index in [4.69, 9.17) is 10.8 Å². The first-order chi connectivity index (χ1) is 9.32. The molecule has 1 aromatic carbocycles. The van der Waals surface area contributed by atoms with Crippen LogP contribution in [0, 0.1) is 6.92 Å². The van der Waals surface area contributed by atoms with Crippen molar-refractivity contribution >= 4 is 17.6 Å². The molecule has 0 atom stereocenters. The van der Waals surface area contributed by atoms with Crippen LogP contribution in [0.5, 0.6) is 0 Å². The van der Waals surface area contributed by atoms with Gasteiger partial charge in [-0.3, -0.25) is 9.59 Å². The third kappa shape index (κ3) is 4.26. The number of nitrogens with two attached hydrogens (primary N) is 1. The highest BCUT2D eigenvalue weighted by atomic mass is 16.4. The highest BCUT2D eigenvalue weighted by Gasteiger charge is 2.19. The van der Waals surface area contributed by atoms with Crippen LogP contribution in [0.4, 0.5) is 5.69 Å². The number of benzene rings is 1. The SMILES string of the molecule is Cc1ccc(C(=O)N(CCCC(=O)O)C(C)C)cc1N. The number of amides is 1. The molecule has 1 aromatic rings. The van der Waals surface area contributed by atoms with Crippen molar-refractivity contribution in [2.24, 2.45) is 0 Å². The summed E-state index contributed by atoms with van der Waals surface area (Å²) in [6, 6.07) is 5.25. The molecule has 110 valence electrons. The molecule has 0 aliphatic rings. The fourth-order valence-corrected chi connectivity index (χ4v) is 1.93. The molecule has 0 saturated heterocycles. The van der Waals surface area contributed by atoms with Crippen molar-refractivity contribution in [3.8, 4) is 0 Å². The smallest absolute Gasteiger partial charge is 0.303 e. The maximum Gasteiger partial charge on any atom is 0.303 e. The Morgan fingerprint density at radius 3 is 2.50 bits per heavy atom. The van der Waals surface area contributed by atoms with E-state index in [9.17, 15) is 9.59 Å². The quantitative estimate of drug-likeness (QED) is 0.782. The van der Waals surface area contributed by atoms with Crippen LogP contribution in [0.1, 0.15) is 42.6 Å². The molecule has 3 N–H and O–H groups in total. The highest BCUT2D eigenvalue weighted by Crippen LogP contribution is 2.16. The fourth-order valence-electron chi connectivity index (χ4n) is 1.93. The standard InChI is InChI=1S/C15H22N2O3/c1-10(2)17(8-4-5-14(18)19)15(20)12-7-6-11(3)13(16)9-12/h6-7,9-10H,4-5,8,16H2,1-3H3,(H,18,19). The number of hydrogen-bond donors (Lipinski definition) is 2. The van der Waals surface area contributed by atoms with Crippen molar-refractivity contribution in [1.29, 1.82) is 0 Å². The van der Waals surface area contributed by atoms with Gasteiger partial charge in [0.1, 0.15) is 0 Å². The maximum absolute atomic E-state index is 12.4. The third-order valence-electron chi connectivity index (χ3n) is 3.20. The Hall–Kier alpha value is -2.04. The molecule has 0 bridgehead atoms. The monoisotopic (exact) mass is 278 g/mol. The molecular formula is C15H22N2O3. The van der Waals surface area contributed by atoms with Crippen molar-refractivity contribution in [1.82, 2.24) is 4.90 Å². The number of carbonyl (C=O) groups is 2. The summed E-state index contributed by atoms with van der Waals surface area (Å²) in [5.41, 5.74) is 7.89. The van der Waals surface area contributed by atoms with Gasteiger partial charge < -0.3 is 15.7 Å². The number of nitrogen functional groups attached to an aromatic ring is 1. The third-order valence-corrected chi connectivity index (χ3v) is 3.20. The second-order valence-corrected chi connectivity index (χ2v) is 5.16. The summed E-state index contributed by atoms with van der Waals surface area (Å²) in [4.78, 5) is 24.7. The molecular weight excluding hydrogens is 256 g/mol. The number of aliphatic carboxylic acids is 1. The van der Waals surface area contributed by atoms with Gasteiger partial charge in [-0.25, -0.2) is 0 Å². The van der Waals surface area contributed by atoms with Gasteiger partial charge in [0.15, 0.2) is 0 Å². The largest absolute Gasteiger partial charge is 0.481 e. The van der Waals surface area contributed by atoms with Crippen LogP contribution in [0.25, 0.3) is 0 Å². The predicted octanol–water partition coefficient (Wildman–Crippen LogP) is 2.29. The Morgan fingerprint density at radius 1 is 1.35 bits per heavy atom. The molecule has 5 heteroatoms. The average molecular weight is 278 g/mol. The van der Waals surface area contributed by atoms with Crippen molar-refractivity contribution < 1.29 is 14.7 Å². The zero-order valence-electron chi connectivity index (χ0n) is 12.2. The molecule has 1 amide bonds. The van der Waals surface area contributed by atoms with Gasteiger partial charge in [0, 0.05) is 30.3 Å². The first-order valence-corrected chi connectivity index (χ1v) is 6.71. The zero-order chi connectivity index (χ0) is 15.3. The van der Waals surface area contributed by atoms with Crippen LogP contribution in [0.2, 0.25) is 0 Å².